The normalized spacial score (nSPS) is 15.4. The van der Waals surface area contributed by atoms with Crippen molar-refractivity contribution in [1.29, 1.82) is 5.41 Å². The summed E-state index contributed by atoms with van der Waals surface area (Å²) in [6.07, 6.45) is 1.32. The lowest BCUT2D eigenvalue weighted by Crippen LogP contribution is -2.31. The number of ether oxygens (including phenoxy) is 1. The summed E-state index contributed by atoms with van der Waals surface area (Å²) in [4.78, 5) is 12.7. The second-order valence-corrected chi connectivity index (χ2v) is 2.64. The van der Waals surface area contributed by atoms with Gasteiger partial charge in [-0.15, -0.1) is 0 Å². The zero-order valence-corrected chi connectivity index (χ0v) is 7.38. The van der Waals surface area contributed by atoms with Crippen molar-refractivity contribution < 1.29 is 9.53 Å². The predicted molar refractivity (Wildman–Crippen MR) is 48.8 cm³/mol. The van der Waals surface area contributed by atoms with E-state index in [4.69, 9.17) is 10.1 Å². The van der Waals surface area contributed by atoms with E-state index in [9.17, 15) is 4.79 Å². The monoisotopic (exact) mass is 183 g/mol. The molecule has 2 N–H and O–H groups in total. The van der Waals surface area contributed by atoms with Crippen LogP contribution in [-0.4, -0.2) is 43.1 Å². The number of nitrogens with zero attached hydrogens (tertiary/aromatic N) is 1. The van der Waals surface area contributed by atoms with E-state index in [0.29, 0.717) is 26.2 Å². The molecule has 2 amide bonds. The molecule has 0 aromatic carbocycles. The second kappa shape index (κ2) is 4.49. The van der Waals surface area contributed by atoms with E-state index in [1.165, 1.54) is 6.08 Å². The fourth-order valence-electron chi connectivity index (χ4n) is 1.05. The molecule has 5 heteroatoms. The van der Waals surface area contributed by atoms with Crippen LogP contribution in [0, 0.1) is 5.41 Å². The largest absolute Gasteiger partial charge is 0.476 e. The number of nitrogens with one attached hydrogen (secondary N) is 2. The molecular weight excluding hydrogens is 170 g/mol. The molecule has 0 unspecified atom stereocenters. The van der Waals surface area contributed by atoms with Crippen molar-refractivity contribution in [1.82, 2.24) is 10.2 Å². The Morgan fingerprint density at radius 1 is 1.85 bits per heavy atom. The fraction of sp³-hybridized carbons (Fsp3) is 0.500. The molecule has 0 atom stereocenters. The van der Waals surface area contributed by atoms with Crippen LogP contribution >= 0.6 is 0 Å². The summed E-state index contributed by atoms with van der Waals surface area (Å²) >= 11 is 0. The van der Waals surface area contributed by atoms with Crippen LogP contribution in [-0.2, 0) is 4.74 Å². The summed E-state index contributed by atoms with van der Waals surface area (Å²) < 4.78 is 4.94. The number of amides is 2. The predicted octanol–water partition coefficient (Wildman–Crippen LogP) is 0.191. The summed E-state index contributed by atoms with van der Waals surface area (Å²) in [6.45, 7) is 5.65. The van der Waals surface area contributed by atoms with Gasteiger partial charge in [-0.2, -0.15) is 0 Å². The van der Waals surface area contributed by atoms with E-state index in [0.717, 1.165) is 0 Å². The number of rotatable bonds is 4. The van der Waals surface area contributed by atoms with Crippen molar-refractivity contribution in [2.45, 2.75) is 0 Å². The third-order valence-corrected chi connectivity index (χ3v) is 1.75. The summed E-state index contributed by atoms with van der Waals surface area (Å²) in [6, 6.07) is -0.0614. The number of carbonyl (C=O) groups is 1. The van der Waals surface area contributed by atoms with Crippen LogP contribution < -0.4 is 5.32 Å². The Hall–Kier alpha value is -1.52. The molecule has 1 heterocycles. The summed E-state index contributed by atoms with van der Waals surface area (Å²) in [5.74, 6) is 0.0413. The summed E-state index contributed by atoms with van der Waals surface area (Å²) in [5, 5.41) is 9.78. The molecule has 0 aromatic heterocycles. The van der Waals surface area contributed by atoms with Gasteiger partial charge in [-0.3, -0.25) is 5.41 Å². The quantitative estimate of drug-likeness (QED) is 0.482. The Balaban J connectivity index is 2.15. The van der Waals surface area contributed by atoms with Gasteiger partial charge in [0.15, 0.2) is 0 Å². The molecule has 5 nitrogen and oxygen atoms in total. The molecule has 0 aromatic rings. The highest BCUT2D eigenvalue weighted by Crippen LogP contribution is 1.95. The third kappa shape index (κ3) is 2.77. The van der Waals surface area contributed by atoms with Crippen LogP contribution in [0.5, 0.6) is 0 Å². The first-order valence-corrected chi connectivity index (χ1v) is 4.10. The first-order valence-electron chi connectivity index (χ1n) is 4.10. The zero-order chi connectivity index (χ0) is 9.68. The Morgan fingerprint density at radius 2 is 2.62 bits per heavy atom. The maximum Gasteiger partial charge on any atom is 0.317 e. The minimum Gasteiger partial charge on any atom is -0.476 e. The van der Waals surface area contributed by atoms with E-state index in [2.05, 4.69) is 11.9 Å². The lowest BCUT2D eigenvalue weighted by molar-refractivity contribution is 0.200. The molecule has 1 rings (SSSR count). The SMILES string of the molecule is C=CC(=N)OCCN1CCNC1=O. The molecule has 72 valence electrons. The zero-order valence-electron chi connectivity index (χ0n) is 7.38. The van der Waals surface area contributed by atoms with Crippen molar-refractivity contribution in [3.8, 4) is 0 Å². The summed E-state index contributed by atoms with van der Waals surface area (Å²) in [5.41, 5.74) is 0. The average Bonchev–Trinajstić information content (AvgIpc) is 2.52. The topological polar surface area (TPSA) is 65.4 Å². The van der Waals surface area contributed by atoms with E-state index in [1.807, 2.05) is 0 Å². The molecule has 1 fully saturated rings. The molecular formula is C8H13N3O2. The van der Waals surface area contributed by atoms with Crippen molar-refractivity contribution in [3.63, 3.8) is 0 Å². The first-order chi connectivity index (χ1) is 6.24. The molecule has 1 aliphatic heterocycles. The van der Waals surface area contributed by atoms with Gasteiger partial charge in [0.1, 0.15) is 6.61 Å². The minimum atomic E-state index is -0.0614. The molecule has 0 radical (unpaired) electrons. The number of hydrogen-bond acceptors (Lipinski definition) is 3. The second-order valence-electron chi connectivity index (χ2n) is 2.64. The lowest BCUT2D eigenvalue weighted by atomic mass is 10.5. The number of carbonyl (C=O) groups excluding carboxylic acids is 1. The molecule has 0 spiro atoms. The molecule has 0 aliphatic carbocycles. The van der Waals surface area contributed by atoms with Crippen molar-refractivity contribution in [2.75, 3.05) is 26.2 Å². The number of hydrogen-bond donors (Lipinski definition) is 2. The highest BCUT2D eigenvalue weighted by Gasteiger charge is 2.18. The van der Waals surface area contributed by atoms with E-state index >= 15 is 0 Å². The van der Waals surface area contributed by atoms with Gasteiger partial charge in [0.05, 0.1) is 6.54 Å². The van der Waals surface area contributed by atoms with Crippen LogP contribution in [0.4, 0.5) is 4.79 Å². The smallest absolute Gasteiger partial charge is 0.317 e. The Labute approximate surface area is 76.9 Å². The third-order valence-electron chi connectivity index (χ3n) is 1.75. The van der Waals surface area contributed by atoms with Gasteiger partial charge in [-0.1, -0.05) is 6.58 Å². The van der Waals surface area contributed by atoms with Gasteiger partial charge < -0.3 is 15.0 Å². The van der Waals surface area contributed by atoms with Gasteiger partial charge in [-0.25, -0.2) is 4.79 Å². The van der Waals surface area contributed by atoms with Crippen LogP contribution in [0.25, 0.3) is 0 Å². The van der Waals surface area contributed by atoms with Crippen molar-refractivity contribution in [3.05, 3.63) is 12.7 Å². The van der Waals surface area contributed by atoms with Crippen LogP contribution in [0.3, 0.4) is 0 Å². The van der Waals surface area contributed by atoms with Crippen molar-refractivity contribution >= 4 is 11.9 Å². The molecule has 1 aliphatic rings. The Kier molecular flexibility index (Phi) is 3.31. The molecule has 0 bridgehead atoms. The fourth-order valence-corrected chi connectivity index (χ4v) is 1.05. The molecule has 0 saturated carbocycles. The highest BCUT2D eigenvalue weighted by atomic mass is 16.5. The van der Waals surface area contributed by atoms with Gasteiger partial charge in [0, 0.05) is 13.1 Å². The maximum atomic E-state index is 11.0. The van der Waals surface area contributed by atoms with Gasteiger partial charge in [0.2, 0.25) is 5.90 Å². The van der Waals surface area contributed by atoms with E-state index < -0.39 is 0 Å². The lowest BCUT2D eigenvalue weighted by Gasteiger charge is -2.13. The molecule has 1 saturated heterocycles. The Bertz CT molecular complexity index is 227. The Morgan fingerprint density at radius 3 is 3.15 bits per heavy atom. The molecule has 13 heavy (non-hydrogen) atoms. The first kappa shape index (κ1) is 9.57. The highest BCUT2D eigenvalue weighted by molar-refractivity contribution is 5.84. The summed E-state index contributed by atoms with van der Waals surface area (Å²) in [7, 11) is 0. The van der Waals surface area contributed by atoms with E-state index in [1.54, 1.807) is 4.90 Å². The van der Waals surface area contributed by atoms with Gasteiger partial charge in [-0.05, 0) is 6.08 Å². The number of urea groups is 1. The maximum absolute atomic E-state index is 11.0. The van der Waals surface area contributed by atoms with Crippen LogP contribution in [0.2, 0.25) is 0 Å². The van der Waals surface area contributed by atoms with Crippen LogP contribution in [0.15, 0.2) is 12.7 Å². The standard InChI is InChI=1S/C8H13N3O2/c1-2-7(9)13-6-5-11-4-3-10-8(11)12/h2,9H,1,3-6H2,(H,10,12). The van der Waals surface area contributed by atoms with Crippen molar-refractivity contribution in [2.24, 2.45) is 0 Å². The minimum absolute atomic E-state index is 0.0413. The van der Waals surface area contributed by atoms with E-state index in [-0.39, 0.29) is 11.9 Å². The average molecular weight is 183 g/mol. The van der Waals surface area contributed by atoms with Gasteiger partial charge >= 0.3 is 6.03 Å². The van der Waals surface area contributed by atoms with Crippen LogP contribution in [0.1, 0.15) is 0 Å². The van der Waals surface area contributed by atoms with Gasteiger partial charge in [0.25, 0.3) is 0 Å².